The van der Waals surface area contributed by atoms with Crippen LogP contribution in [0.1, 0.15) is 49.5 Å². The van der Waals surface area contributed by atoms with Gasteiger partial charge in [-0.2, -0.15) is 0 Å². The summed E-state index contributed by atoms with van der Waals surface area (Å²) in [7, 11) is 0. The third-order valence-corrected chi connectivity index (χ3v) is 2.92. The van der Waals surface area contributed by atoms with E-state index in [4.69, 9.17) is 0 Å². The van der Waals surface area contributed by atoms with E-state index >= 15 is 0 Å². The van der Waals surface area contributed by atoms with Crippen LogP contribution in [0.5, 0.6) is 0 Å². The van der Waals surface area contributed by atoms with E-state index in [2.05, 4.69) is 0 Å². The lowest BCUT2D eigenvalue weighted by Crippen LogP contribution is -2.31. The highest BCUT2D eigenvalue weighted by atomic mass is 19.1. The first-order valence-electron chi connectivity index (χ1n) is 6.09. The lowest BCUT2D eigenvalue weighted by Gasteiger charge is -2.21. The number of nitrogens with zero attached hydrogens (tertiary/aromatic N) is 1. The van der Waals surface area contributed by atoms with Crippen molar-refractivity contribution in [3.8, 4) is 0 Å². The summed E-state index contributed by atoms with van der Waals surface area (Å²) in [6, 6.07) is 4.40. The van der Waals surface area contributed by atoms with Gasteiger partial charge in [0.05, 0.1) is 0 Å². The molecule has 1 aromatic carbocycles. The van der Waals surface area contributed by atoms with Gasteiger partial charge in [0.1, 0.15) is 5.82 Å². The van der Waals surface area contributed by atoms with Gasteiger partial charge < -0.3 is 4.90 Å². The fourth-order valence-electron chi connectivity index (χ4n) is 1.89. The van der Waals surface area contributed by atoms with Crippen molar-refractivity contribution in [1.29, 1.82) is 0 Å². The van der Waals surface area contributed by atoms with Crippen molar-refractivity contribution >= 4 is 5.91 Å². The highest BCUT2D eigenvalue weighted by Crippen LogP contribution is 2.22. The van der Waals surface area contributed by atoms with Gasteiger partial charge in [-0.3, -0.25) is 4.79 Å². The van der Waals surface area contributed by atoms with Gasteiger partial charge >= 0.3 is 0 Å². The molecule has 0 fully saturated rings. The van der Waals surface area contributed by atoms with Gasteiger partial charge in [0.15, 0.2) is 0 Å². The van der Waals surface area contributed by atoms with Crippen LogP contribution in [0.3, 0.4) is 0 Å². The van der Waals surface area contributed by atoms with Crippen molar-refractivity contribution in [3.63, 3.8) is 0 Å². The Morgan fingerprint density at radius 1 is 1.29 bits per heavy atom. The molecule has 17 heavy (non-hydrogen) atoms. The van der Waals surface area contributed by atoms with E-state index in [0.717, 1.165) is 5.56 Å². The molecule has 0 aromatic heterocycles. The first-order chi connectivity index (χ1) is 8.01. The minimum atomic E-state index is -0.287. The van der Waals surface area contributed by atoms with Crippen molar-refractivity contribution < 1.29 is 9.18 Å². The van der Waals surface area contributed by atoms with Crippen molar-refractivity contribution in [2.45, 2.75) is 33.6 Å². The standard InChI is InChI=1S/C14H20FNO/c1-5-16(6-2)14(17)12-8-7-11(15)9-13(12)10(3)4/h7-10H,5-6H2,1-4H3. The minimum Gasteiger partial charge on any atom is -0.339 e. The zero-order chi connectivity index (χ0) is 13.0. The lowest BCUT2D eigenvalue weighted by atomic mass is 9.96. The maximum Gasteiger partial charge on any atom is 0.254 e. The number of amides is 1. The van der Waals surface area contributed by atoms with Crippen LogP contribution in [-0.4, -0.2) is 23.9 Å². The van der Waals surface area contributed by atoms with Gasteiger partial charge in [-0.1, -0.05) is 13.8 Å². The van der Waals surface area contributed by atoms with E-state index in [9.17, 15) is 9.18 Å². The van der Waals surface area contributed by atoms with Gasteiger partial charge in [0, 0.05) is 18.7 Å². The van der Waals surface area contributed by atoms with E-state index < -0.39 is 0 Å². The summed E-state index contributed by atoms with van der Waals surface area (Å²) in [4.78, 5) is 14.0. The smallest absolute Gasteiger partial charge is 0.254 e. The van der Waals surface area contributed by atoms with Crippen LogP contribution in [0.4, 0.5) is 4.39 Å². The Morgan fingerprint density at radius 3 is 2.35 bits per heavy atom. The molecule has 0 spiro atoms. The van der Waals surface area contributed by atoms with Gasteiger partial charge in [-0.15, -0.1) is 0 Å². The molecule has 2 nitrogen and oxygen atoms in total. The van der Waals surface area contributed by atoms with Crippen molar-refractivity contribution in [1.82, 2.24) is 4.90 Å². The minimum absolute atomic E-state index is 0.0151. The quantitative estimate of drug-likeness (QED) is 0.785. The number of rotatable bonds is 4. The van der Waals surface area contributed by atoms with Crippen molar-refractivity contribution in [2.75, 3.05) is 13.1 Å². The van der Waals surface area contributed by atoms with Crippen LogP contribution in [0, 0.1) is 5.82 Å². The second-order valence-corrected chi connectivity index (χ2v) is 4.36. The summed E-state index contributed by atoms with van der Waals surface area (Å²) >= 11 is 0. The Hall–Kier alpha value is -1.38. The van der Waals surface area contributed by atoms with E-state index in [0.29, 0.717) is 18.7 Å². The van der Waals surface area contributed by atoms with Crippen LogP contribution in [0.2, 0.25) is 0 Å². The maximum absolute atomic E-state index is 13.2. The first-order valence-corrected chi connectivity index (χ1v) is 6.09. The van der Waals surface area contributed by atoms with Gasteiger partial charge in [-0.05, 0) is 43.5 Å². The molecule has 0 bridgehead atoms. The maximum atomic E-state index is 13.2. The molecule has 1 aromatic rings. The number of benzene rings is 1. The zero-order valence-electron chi connectivity index (χ0n) is 11.0. The fourth-order valence-corrected chi connectivity index (χ4v) is 1.89. The van der Waals surface area contributed by atoms with Gasteiger partial charge in [0.2, 0.25) is 0 Å². The third kappa shape index (κ3) is 3.05. The number of hydrogen-bond donors (Lipinski definition) is 0. The molecule has 0 aliphatic carbocycles. The highest BCUT2D eigenvalue weighted by molar-refractivity contribution is 5.95. The van der Waals surface area contributed by atoms with Gasteiger partial charge in [0.25, 0.3) is 5.91 Å². The van der Waals surface area contributed by atoms with Crippen LogP contribution in [0.15, 0.2) is 18.2 Å². The monoisotopic (exact) mass is 237 g/mol. The van der Waals surface area contributed by atoms with Gasteiger partial charge in [-0.25, -0.2) is 4.39 Å². The number of carbonyl (C=O) groups excluding carboxylic acids is 1. The Kier molecular flexibility index (Phi) is 4.67. The lowest BCUT2D eigenvalue weighted by molar-refractivity contribution is 0.0771. The molecule has 0 heterocycles. The fraction of sp³-hybridized carbons (Fsp3) is 0.500. The average molecular weight is 237 g/mol. The summed E-state index contributed by atoms with van der Waals surface area (Å²) in [6.07, 6.45) is 0. The molecule has 0 saturated heterocycles. The predicted molar refractivity (Wildman–Crippen MR) is 67.7 cm³/mol. The molecule has 0 saturated carbocycles. The molecule has 0 N–H and O–H groups in total. The molecular formula is C14H20FNO. The largest absolute Gasteiger partial charge is 0.339 e. The van der Waals surface area contributed by atoms with Crippen LogP contribution >= 0.6 is 0 Å². The molecule has 0 atom stereocenters. The predicted octanol–water partition coefficient (Wildman–Crippen LogP) is 3.43. The molecule has 1 rings (SSSR count). The highest BCUT2D eigenvalue weighted by Gasteiger charge is 2.18. The molecule has 0 radical (unpaired) electrons. The first kappa shape index (κ1) is 13.7. The summed E-state index contributed by atoms with van der Waals surface area (Å²) in [5.74, 6) is -0.163. The van der Waals surface area contributed by atoms with Crippen LogP contribution in [0.25, 0.3) is 0 Å². The second-order valence-electron chi connectivity index (χ2n) is 4.36. The number of halogens is 1. The van der Waals surface area contributed by atoms with E-state index in [-0.39, 0.29) is 17.6 Å². The number of carbonyl (C=O) groups is 1. The van der Waals surface area contributed by atoms with Crippen LogP contribution < -0.4 is 0 Å². The Bertz CT molecular complexity index is 397. The van der Waals surface area contributed by atoms with E-state index in [1.807, 2.05) is 27.7 Å². The summed E-state index contributed by atoms with van der Waals surface area (Å²) in [6.45, 7) is 9.16. The Balaban J connectivity index is 3.16. The Labute approximate surface area is 102 Å². The topological polar surface area (TPSA) is 20.3 Å². The van der Waals surface area contributed by atoms with Crippen molar-refractivity contribution in [3.05, 3.63) is 35.1 Å². The SMILES string of the molecule is CCN(CC)C(=O)c1ccc(F)cc1C(C)C. The zero-order valence-corrected chi connectivity index (χ0v) is 11.0. The third-order valence-electron chi connectivity index (χ3n) is 2.92. The average Bonchev–Trinajstić information content (AvgIpc) is 2.30. The summed E-state index contributed by atoms with van der Waals surface area (Å²) < 4.78 is 13.2. The molecule has 1 amide bonds. The summed E-state index contributed by atoms with van der Waals surface area (Å²) in [5.41, 5.74) is 1.40. The number of hydrogen-bond acceptors (Lipinski definition) is 1. The van der Waals surface area contributed by atoms with Crippen molar-refractivity contribution in [2.24, 2.45) is 0 Å². The second kappa shape index (κ2) is 5.80. The molecule has 0 aliphatic heterocycles. The molecule has 3 heteroatoms. The molecule has 0 unspecified atom stereocenters. The Morgan fingerprint density at radius 2 is 1.88 bits per heavy atom. The van der Waals surface area contributed by atoms with E-state index in [1.54, 1.807) is 11.0 Å². The van der Waals surface area contributed by atoms with E-state index in [1.165, 1.54) is 12.1 Å². The molecule has 0 aliphatic rings. The summed E-state index contributed by atoms with van der Waals surface area (Å²) in [5, 5.41) is 0. The normalized spacial score (nSPS) is 10.7. The molecule has 94 valence electrons. The van der Waals surface area contributed by atoms with Crippen LogP contribution in [-0.2, 0) is 0 Å². The molecular weight excluding hydrogens is 217 g/mol.